The number of nitrogens with one attached hydrogen (secondary N) is 2. The molecule has 1 saturated heterocycles. The third kappa shape index (κ3) is 5.50. The molecule has 0 aromatic heterocycles. The molecule has 0 atom stereocenters. The normalized spacial score (nSPS) is 16.5. The van der Waals surface area contributed by atoms with E-state index in [1.807, 2.05) is 25.1 Å². The Bertz CT molecular complexity index is 499. The Morgan fingerprint density at radius 3 is 2.59 bits per heavy atom. The second-order valence-corrected chi connectivity index (χ2v) is 6.37. The summed E-state index contributed by atoms with van der Waals surface area (Å²) < 4.78 is 5.55. The summed E-state index contributed by atoms with van der Waals surface area (Å²) in [5.74, 6) is 0.703. The molecule has 0 bridgehead atoms. The van der Waals surface area contributed by atoms with Gasteiger partial charge in [0.2, 0.25) is 0 Å². The van der Waals surface area contributed by atoms with E-state index in [4.69, 9.17) is 4.74 Å². The van der Waals surface area contributed by atoms with Crippen molar-refractivity contribution in [1.29, 1.82) is 0 Å². The zero-order valence-corrected chi connectivity index (χ0v) is 14.5. The van der Waals surface area contributed by atoms with E-state index in [1.165, 1.54) is 11.1 Å². The molecule has 0 aliphatic carbocycles. The molecular weight excluding hydrogens is 300 g/mol. The molecule has 2 N–H and O–H groups in total. The zero-order chi connectivity index (χ0) is 15.3. The summed E-state index contributed by atoms with van der Waals surface area (Å²) in [5.41, 5.74) is 2.61. The number of aryl methyl sites for hydroxylation is 2. The van der Waals surface area contributed by atoms with E-state index in [0.29, 0.717) is 0 Å². The summed E-state index contributed by atoms with van der Waals surface area (Å²) in [7, 11) is 0. The third-order valence-electron chi connectivity index (χ3n) is 4.37. The number of rotatable bonds is 5. The molecule has 1 fully saturated rings. The van der Waals surface area contributed by atoms with Crippen LogP contribution in [0.25, 0.3) is 0 Å². The molecule has 1 amide bonds. The van der Waals surface area contributed by atoms with E-state index in [1.54, 1.807) is 0 Å². The number of hydrogen-bond donors (Lipinski definition) is 2. The molecule has 0 saturated carbocycles. The SMILES string of the molecule is Cc1ccc(OCC(=O)NCC2(C)CCNCC2)cc1C.Cl. The van der Waals surface area contributed by atoms with Crippen molar-refractivity contribution in [1.82, 2.24) is 10.6 Å². The van der Waals surface area contributed by atoms with Crippen molar-refractivity contribution in [3.8, 4) is 5.75 Å². The Balaban J connectivity index is 0.00000242. The van der Waals surface area contributed by atoms with Crippen LogP contribution in [0.5, 0.6) is 5.75 Å². The first-order valence-corrected chi connectivity index (χ1v) is 7.66. The molecule has 22 heavy (non-hydrogen) atoms. The molecule has 1 aromatic rings. The molecule has 1 aromatic carbocycles. The fraction of sp³-hybridized carbons (Fsp3) is 0.588. The highest BCUT2D eigenvalue weighted by Gasteiger charge is 2.26. The number of carbonyl (C=O) groups is 1. The van der Waals surface area contributed by atoms with Crippen LogP contribution < -0.4 is 15.4 Å². The predicted octanol–water partition coefficient (Wildman–Crippen LogP) is 2.61. The third-order valence-corrected chi connectivity index (χ3v) is 4.37. The molecular formula is C17H27ClN2O2. The van der Waals surface area contributed by atoms with E-state index in [2.05, 4.69) is 24.5 Å². The molecule has 124 valence electrons. The number of ether oxygens (including phenoxy) is 1. The first kappa shape index (κ1) is 18.8. The van der Waals surface area contributed by atoms with Gasteiger partial charge in [0.1, 0.15) is 5.75 Å². The molecule has 5 heteroatoms. The average molecular weight is 327 g/mol. The summed E-state index contributed by atoms with van der Waals surface area (Å²) in [4.78, 5) is 11.9. The summed E-state index contributed by atoms with van der Waals surface area (Å²) in [5, 5.41) is 6.34. The van der Waals surface area contributed by atoms with Gasteiger partial charge in [-0.15, -0.1) is 12.4 Å². The quantitative estimate of drug-likeness (QED) is 0.874. The van der Waals surface area contributed by atoms with Gasteiger partial charge in [0.15, 0.2) is 6.61 Å². The van der Waals surface area contributed by atoms with Crippen LogP contribution in [-0.4, -0.2) is 32.1 Å². The van der Waals surface area contributed by atoms with Gasteiger partial charge >= 0.3 is 0 Å². The molecule has 0 spiro atoms. The molecule has 1 heterocycles. The standard InChI is InChI=1S/C17H26N2O2.ClH/c1-13-4-5-15(10-14(13)2)21-11-16(20)19-12-17(3)6-8-18-9-7-17;/h4-5,10,18H,6-9,11-12H2,1-3H3,(H,19,20);1H. The Morgan fingerprint density at radius 2 is 1.95 bits per heavy atom. The fourth-order valence-electron chi connectivity index (χ4n) is 2.52. The van der Waals surface area contributed by atoms with Gasteiger partial charge in [-0.2, -0.15) is 0 Å². The Kier molecular flexibility index (Phi) is 7.17. The van der Waals surface area contributed by atoms with Crippen LogP contribution in [-0.2, 0) is 4.79 Å². The van der Waals surface area contributed by atoms with Crippen LogP contribution in [0.15, 0.2) is 18.2 Å². The fourth-order valence-corrected chi connectivity index (χ4v) is 2.52. The highest BCUT2D eigenvalue weighted by Crippen LogP contribution is 2.26. The first-order chi connectivity index (χ1) is 9.98. The molecule has 1 aliphatic rings. The summed E-state index contributed by atoms with van der Waals surface area (Å²) >= 11 is 0. The highest BCUT2D eigenvalue weighted by atomic mass is 35.5. The Hall–Kier alpha value is -1.26. The van der Waals surface area contributed by atoms with Crippen molar-refractivity contribution < 1.29 is 9.53 Å². The summed E-state index contributed by atoms with van der Waals surface area (Å²) in [6.45, 7) is 9.21. The monoisotopic (exact) mass is 326 g/mol. The van der Waals surface area contributed by atoms with E-state index in [-0.39, 0.29) is 30.3 Å². The van der Waals surface area contributed by atoms with Gasteiger partial charge < -0.3 is 15.4 Å². The van der Waals surface area contributed by atoms with Crippen molar-refractivity contribution in [3.63, 3.8) is 0 Å². The number of hydrogen-bond acceptors (Lipinski definition) is 3. The lowest BCUT2D eigenvalue weighted by Gasteiger charge is -2.34. The molecule has 2 rings (SSSR count). The van der Waals surface area contributed by atoms with Gasteiger partial charge in [-0.05, 0) is 68.5 Å². The number of carbonyl (C=O) groups excluding carboxylic acids is 1. The molecule has 1 aliphatic heterocycles. The van der Waals surface area contributed by atoms with Gasteiger partial charge in [0, 0.05) is 6.54 Å². The van der Waals surface area contributed by atoms with Crippen LogP contribution in [0.3, 0.4) is 0 Å². The van der Waals surface area contributed by atoms with Crippen molar-refractivity contribution in [2.75, 3.05) is 26.2 Å². The molecule has 4 nitrogen and oxygen atoms in total. The maximum atomic E-state index is 11.9. The smallest absolute Gasteiger partial charge is 0.257 e. The van der Waals surface area contributed by atoms with Crippen molar-refractivity contribution >= 4 is 18.3 Å². The van der Waals surface area contributed by atoms with Gasteiger partial charge in [-0.25, -0.2) is 0 Å². The van der Waals surface area contributed by atoms with Gasteiger partial charge in [0.05, 0.1) is 0 Å². The second-order valence-electron chi connectivity index (χ2n) is 6.37. The van der Waals surface area contributed by atoms with Crippen LogP contribution >= 0.6 is 12.4 Å². The number of piperidine rings is 1. The summed E-state index contributed by atoms with van der Waals surface area (Å²) in [6.07, 6.45) is 2.20. The topological polar surface area (TPSA) is 50.4 Å². The molecule has 0 radical (unpaired) electrons. The van der Waals surface area contributed by atoms with Gasteiger partial charge in [-0.3, -0.25) is 4.79 Å². The number of benzene rings is 1. The van der Waals surface area contributed by atoms with E-state index in [0.717, 1.165) is 38.2 Å². The van der Waals surface area contributed by atoms with E-state index < -0.39 is 0 Å². The lowest BCUT2D eigenvalue weighted by molar-refractivity contribution is -0.123. The lowest BCUT2D eigenvalue weighted by Crippen LogP contribution is -2.43. The van der Waals surface area contributed by atoms with E-state index >= 15 is 0 Å². The molecule has 0 unspecified atom stereocenters. The average Bonchev–Trinajstić information content (AvgIpc) is 2.47. The highest BCUT2D eigenvalue weighted by molar-refractivity contribution is 5.85. The predicted molar refractivity (Wildman–Crippen MR) is 91.9 cm³/mol. The maximum absolute atomic E-state index is 11.9. The van der Waals surface area contributed by atoms with Gasteiger partial charge in [0.25, 0.3) is 5.91 Å². The van der Waals surface area contributed by atoms with Crippen molar-refractivity contribution in [3.05, 3.63) is 29.3 Å². The minimum Gasteiger partial charge on any atom is -0.484 e. The number of halogens is 1. The minimum absolute atomic E-state index is 0. The largest absolute Gasteiger partial charge is 0.484 e. The zero-order valence-electron chi connectivity index (χ0n) is 13.7. The second kappa shape index (κ2) is 8.39. The van der Waals surface area contributed by atoms with Crippen LogP contribution in [0, 0.1) is 19.3 Å². The van der Waals surface area contributed by atoms with Crippen LogP contribution in [0.2, 0.25) is 0 Å². The summed E-state index contributed by atoms with van der Waals surface area (Å²) in [6, 6.07) is 5.89. The number of amides is 1. The first-order valence-electron chi connectivity index (χ1n) is 7.66. The maximum Gasteiger partial charge on any atom is 0.257 e. The van der Waals surface area contributed by atoms with Crippen LogP contribution in [0.1, 0.15) is 30.9 Å². The van der Waals surface area contributed by atoms with Crippen molar-refractivity contribution in [2.45, 2.75) is 33.6 Å². The Labute approximate surface area is 139 Å². The lowest BCUT2D eigenvalue weighted by atomic mass is 9.81. The van der Waals surface area contributed by atoms with Crippen LogP contribution in [0.4, 0.5) is 0 Å². The minimum atomic E-state index is -0.0482. The Morgan fingerprint density at radius 1 is 1.27 bits per heavy atom. The van der Waals surface area contributed by atoms with Gasteiger partial charge in [-0.1, -0.05) is 13.0 Å². The van der Waals surface area contributed by atoms with E-state index in [9.17, 15) is 4.79 Å². The van der Waals surface area contributed by atoms with Crippen molar-refractivity contribution in [2.24, 2.45) is 5.41 Å².